The summed E-state index contributed by atoms with van der Waals surface area (Å²) in [6, 6.07) is 2.13. The smallest absolute Gasteiger partial charge is 0.258 e. The highest BCUT2D eigenvalue weighted by molar-refractivity contribution is 6.06. The molecule has 0 unspecified atom stereocenters. The van der Waals surface area contributed by atoms with Crippen molar-refractivity contribution in [1.82, 2.24) is 19.9 Å². The van der Waals surface area contributed by atoms with Crippen molar-refractivity contribution in [3.05, 3.63) is 23.0 Å². The first kappa shape index (κ1) is 15.9. The molecule has 1 amide bonds. The van der Waals surface area contributed by atoms with Crippen LogP contribution in [0.4, 0.5) is 0 Å². The fraction of sp³-hybridized carbons (Fsp3) is 0.588. The first-order valence-electron chi connectivity index (χ1n) is 8.24. The highest BCUT2D eigenvalue weighted by Gasteiger charge is 2.27. The minimum Gasteiger partial charge on any atom is -0.339 e. The number of hydrogen-bond acceptors (Lipinski definition) is 5. The predicted molar refractivity (Wildman–Crippen MR) is 88.5 cm³/mol. The SMILES string of the molecule is CCN1CCC(N(C)C(=O)c2cc(C)nc3onc(C)c23)CC1. The number of carbonyl (C=O) groups excluding carboxylic acids is 1. The van der Waals surface area contributed by atoms with Crippen LogP contribution in [-0.4, -0.2) is 58.6 Å². The number of likely N-dealkylation sites (tertiary alicyclic amines) is 1. The maximum atomic E-state index is 13.0. The van der Waals surface area contributed by atoms with Crippen molar-refractivity contribution in [1.29, 1.82) is 0 Å². The van der Waals surface area contributed by atoms with Crippen LogP contribution >= 0.6 is 0 Å². The number of nitrogens with zero attached hydrogens (tertiary/aromatic N) is 4. The molecule has 2 aromatic rings. The predicted octanol–water partition coefficient (Wildman–Crippen LogP) is 2.40. The van der Waals surface area contributed by atoms with Crippen LogP contribution in [0.3, 0.4) is 0 Å². The Morgan fingerprint density at radius 1 is 1.39 bits per heavy atom. The van der Waals surface area contributed by atoms with Crippen molar-refractivity contribution in [3.63, 3.8) is 0 Å². The first-order chi connectivity index (χ1) is 11.0. The summed E-state index contributed by atoms with van der Waals surface area (Å²) in [7, 11) is 1.90. The number of fused-ring (bicyclic) bond motifs is 1. The molecule has 23 heavy (non-hydrogen) atoms. The number of hydrogen-bond donors (Lipinski definition) is 0. The molecule has 0 aliphatic carbocycles. The van der Waals surface area contributed by atoms with Crippen molar-refractivity contribution in [2.75, 3.05) is 26.7 Å². The van der Waals surface area contributed by atoms with Gasteiger partial charge < -0.3 is 14.3 Å². The second-order valence-corrected chi connectivity index (χ2v) is 6.34. The molecule has 124 valence electrons. The van der Waals surface area contributed by atoms with Crippen molar-refractivity contribution in [3.8, 4) is 0 Å². The minimum atomic E-state index is 0.0294. The number of carbonyl (C=O) groups is 1. The molecule has 0 radical (unpaired) electrons. The third-order valence-electron chi connectivity index (χ3n) is 4.85. The van der Waals surface area contributed by atoms with E-state index in [2.05, 4.69) is 22.0 Å². The Morgan fingerprint density at radius 2 is 2.09 bits per heavy atom. The molecule has 0 spiro atoms. The third-order valence-corrected chi connectivity index (χ3v) is 4.85. The number of aromatic nitrogens is 2. The second-order valence-electron chi connectivity index (χ2n) is 6.34. The monoisotopic (exact) mass is 316 g/mol. The van der Waals surface area contributed by atoms with Gasteiger partial charge in [-0.15, -0.1) is 0 Å². The van der Waals surface area contributed by atoms with Crippen LogP contribution in [0.15, 0.2) is 10.6 Å². The van der Waals surface area contributed by atoms with E-state index in [1.807, 2.05) is 31.9 Å². The maximum absolute atomic E-state index is 13.0. The molecule has 1 aliphatic heterocycles. The number of amides is 1. The Kier molecular flexibility index (Phi) is 4.35. The van der Waals surface area contributed by atoms with Crippen LogP contribution in [-0.2, 0) is 0 Å². The molecular formula is C17H24N4O2. The van der Waals surface area contributed by atoms with E-state index in [-0.39, 0.29) is 11.9 Å². The Labute approximate surface area is 136 Å². The molecule has 1 aliphatic rings. The van der Waals surface area contributed by atoms with E-state index < -0.39 is 0 Å². The minimum absolute atomic E-state index is 0.0294. The summed E-state index contributed by atoms with van der Waals surface area (Å²) in [5, 5.41) is 4.69. The zero-order chi connectivity index (χ0) is 16.6. The lowest BCUT2D eigenvalue weighted by Crippen LogP contribution is -2.45. The van der Waals surface area contributed by atoms with Crippen LogP contribution in [0.2, 0.25) is 0 Å². The average molecular weight is 316 g/mol. The molecule has 0 atom stereocenters. The molecule has 3 rings (SSSR count). The van der Waals surface area contributed by atoms with Gasteiger partial charge in [0, 0.05) is 31.9 Å². The van der Waals surface area contributed by atoms with Gasteiger partial charge in [-0.1, -0.05) is 12.1 Å². The molecule has 1 fully saturated rings. The van der Waals surface area contributed by atoms with Crippen LogP contribution in [0, 0.1) is 13.8 Å². The van der Waals surface area contributed by atoms with E-state index in [0.717, 1.165) is 43.6 Å². The molecule has 6 nitrogen and oxygen atoms in total. The Balaban J connectivity index is 1.87. The summed E-state index contributed by atoms with van der Waals surface area (Å²) in [6.07, 6.45) is 2.04. The topological polar surface area (TPSA) is 62.5 Å². The van der Waals surface area contributed by atoms with Crippen LogP contribution in [0.25, 0.3) is 11.1 Å². The maximum Gasteiger partial charge on any atom is 0.258 e. The van der Waals surface area contributed by atoms with Gasteiger partial charge in [0.15, 0.2) is 0 Å². The highest BCUT2D eigenvalue weighted by Crippen LogP contribution is 2.25. The molecule has 1 saturated heterocycles. The molecule has 3 heterocycles. The summed E-state index contributed by atoms with van der Waals surface area (Å²) < 4.78 is 5.24. The van der Waals surface area contributed by atoms with E-state index in [4.69, 9.17) is 4.52 Å². The molecular weight excluding hydrogens is 292 g/mol. The normalized spacial score (nSPS) is 16.9. The van der Waals surface area contributed by atoms with Crippen LogP contribution in [0.5, 0.6) is 0 Å². The van der Waals surface area contributed by atoms with E-state index in [1.165, 1.54) is 0 Å². The van der Waals surface area contributed by atoms with Gasteiger partial charge in [-0.05, 0) is 39.3 Å². The molecule has 6 heteroatoms. The van der Waals surface area contributed by atoms with Crippen molar-refractivity contribution >= 4 is 17.0 Å². The van der Waals surface area contributed by atoms with Gasteiger partial charge in [0.05, 0.1) is 16.6 Å². The quantitative estimate of drug-likeness (QED) is 0.870. The number of aryl methyl sites for hydroxylation is 2. The number of piperidine rings is 1. The average Bonchev–Trinajstić information content (AvgIpc) is 2.93. The highest BCUT2D eigenvalue weighted by atomic mass is 16.5. The lowest BCUT2D eigenvalue weighted by molar-refractivity contribution is 0.0648. The van der Waals surface area contributed by atoms with E-state index >= 15 is 0 Å². The number of pyridine rings is 1. The summed E-state index contributed by atoms with van der Waals surface area (Å²) in [4.78, 5) is 21.7. The zero-order valence-corrected chi connectivity index (χ0v) is 14.3. The van der Waals surface area contributed by atoms with Gasteiger partial charge >= 0.3 is 0 Å². The van der Waals surface area contributed by atoms with Gasteiger partial charge in [-0.25, -0.2) is 4.98 Å². The van der Waals surface area contributed by atoms with Gasteiger partial charge in [-0.2, -0.15) is 0 Å². The number of rotatable bonds is 3. The van der Waals surface area contributed by atoms with E-state index in [9.17, 15) is 4.79 Å². The summed E-state index contributed by atoms with van der Waals surface area (Å²) in [6.45, 7) is 9.08. The van der Waals surface area contributed by atoms with E-state index in [1.54, 1.807) is 0 Å². The van der Waals surface area contributed by atoms with Crippen molar-refractivity contribution in [2.24, 2.45) is 0 Å². The lowest BCUT2D eigenvalue weighted by atomic mass is 10.0. The largest absolute Gasteiger partial charge is 0.339 e. The van der Waals surface area contributed by atoms with E-state index in [0.29, 0.717) is 17.0 Å². The van der Waals surface area contributed by atoms with Gasteiger partial charge in [0.2, 0.25) is 0 Å². The Morgan fingerprint density at radius 3 is 2.74 bits per heavy atom. The Hall–Kier alpha value is -1.95. The zero-order valence-electron chi connectivity index (χ0n) is 14.3. The summed E-state index contributed by atoms with van der Waals surface area (Å²) in [5.74, 6) is 0.0294. The van der Waals surface area contributed by atoms with Crippen molar-refractivity contribution in [2.45, 2.75) is 39.7 Å². The van der Waals surface area contributed by atoms with Crippen molar-refractivity contribution < 1.29 is 9.32 Å². The Bertz CT molecular complexity index is 717. The van der Waals surface area contributed by atoms with Gasteiger partial charge in [-0.3, -0.25) is 4.79 Å². The fourth-order valence-electron chi connectivity index (χ4n) is 3.37. The summed E-state index contributed by atoms with van der Waals surface area (Å²) in [5.41, 5.74) is 2.57. The molecule has 0 saturated carbocycles. The first-order valence-corrected chi connectivity index (χ1v) is 8.24. The molecule has 2 aromatic heterocycles. The van der Waals surface area contributed by atoms with Gasteiger partial charge in [0.25, 0.3) is 11.6 Å². The standard InChI is InChI=1S/C17H24N4O2/c1-5-21-8-6-13(7-9-21)20(4)17(22)14-10-11(2)18-16-15(14)12(3)19-23-16/h10,13H,5-9H2,1-4H3. The fourth-order valence-corrected chi connectivity index (χ4v) is 3.37. The van der Waals surface area contributed by atoms with Crippen LogP contribution < -0.4 is 0 Å². The lowest BCUT2D eigenvalue weighted by Gasteiger charge is -2.36. The molecule has 0 N–H and O–H groups in total. The third kappa shape index (κ3) is 2.95. The molecule has 0 aromatic carbocycles. The summed E-state index contributed by atoms with van der Waals surface area (Å²) >= 11 is 0. The molecule has 0 bridgehead atoms. The van der Waals surface area contributed by atoms with Crippen LogP contribution in [0.1, 0.15) is 41.5 Å². The van der Waals surface area contributed by atoms with Gasteiger partial charge in [0.1, 0.15) is 0 Å². The second kappa shape index (κ2) is 6.28.